The second-order valence-corrected chi connectivity index (χ2v) is 4.57. The van der Waals surface area contributed by atoms with E-state index in [1.807, 2.05) is 12.1 Å². The van der Waals surface area contributed by atoms with Gasteiger partial charge in [-0.25, -0.2) is 0 Å². The van der Waals surface area contributed by atoms with Crippen molar-refractivity contribution in [2.45, 2.75) is 0 Å². The van der Waals surface area contributed by atoms with Crippen molar-refractivity contribution >= 4 is 28.8 Å². The van der Waals surface area contributed by atoms with Crippen molar-refractivity contribution in [1.82, 2.24) is 4.98 Å². The lowest BCUT2D eigenvalue weighted by Crippen LogP contribution is -2.12. The van der Waals surface area contributed by atoms with Crippen molar-refractivity contribution in [3.8, 4) is 0 Å². The van der Waals surface area contributed by atoms with Gasteiger partial charge in [0.05, 0.1) is 5.52 Å². The zero-order chi connectivity index (χ0) is 14.7. The molecule has 0 aliphatic carbocycles. The van der Waals surface area contributed by atoms with E-state index in [2.05, 4.69) is 10.3 Å². The van der Waals surface area contributed by atoms with Crippen molar-refractivity contribution in [2.75, 3.05) is 5.32 Å². The maximum absolute atomic E-state index is 12.4. The summed E-state index contributed by atoms with van der Waals surface area (Å²) in [5.41, 5.74) is 2.43. The molecule has 0 spiro atoms. The number of pyridine rings is 1. The molecule has 0 fully saturated rings. The van der Waals surface area contributed by atoms with Crippen LogP contribution in [-0.4, -0.2) is 17.2 Å². The van der Waals surface area contributed by atoms with Gasteiger partial charge < -0.3 is 5.32 Å². The fourth-order valence-electron chi connectivity index (χ4n) is 2.19. The molecule has 1 aromatic heterocycles. The highest BCUT2D eigenvalue weighted by Gasteiger charge is 2.10. The molecule has 1 heterocycles. The van der Waals surface area contributed by atoms with Crippen molar-refractivity contribution in [2.24, 2.45) is 0 Å². The van der Waals surface area contributed by atoms with Crippen LogP contribution in [0.1, 0.15) is 20.7 Å². The Labute approximate surface area is 121 Å². The third-order valence-electron chi connectivity index (χ3n) is 3.17. The lowest BCUT2D eigenvalue weighted by atomic mass is 10.1. The summed E-state index contributed by atoms with van der Waals surface area (Å²) in [6.45, 7) is 0. The lowest BCUT2D eigenvalue weighted by Gasteiger charge is -2.08. The van der Waals surface area contributed by atoms with Crippen LogP contribution in [0.3, 0.4) is 0 Å². The predicted octanol–water partition coefficient (Wildman–Crippen LogP) is 3.30. The summed E-state index contributed by atoms with van der Waals surface area (Å²) >= 11 is 0. The molecule has 2 aromatic carbocycles. The Kier molecular flexibility index (Phi) is 3.43. The highest BCUT2D eigenvalue weighted by Crippen LogP contribution is 2.18. The Bertz CT molecular complexity index is 822. The van der Waals surface area contributed by atoms with Crippen LogP contribution >= 0.6 is 0 Å². The molecule has 3 rings (SSSR count). The van der Waals surface area contributed by atoms with Crippen LogP contribution in [0.2, 0.25) is 0 Å². The molecule has 1 amide bonds. The molecule has 0 aliphatic rings. The molecule has 0 saturated carbocycles. The second kappa shape index (κ2) is 5.54. The Morgan fingerprint density at radius 2 is 1.90 bits per heavy atom. The van der Waals surface area contributed by atoms with E-state index in [4.69, 9.17) is 0 Å². The van der Waals surface area contributed by atoms with Crippen molar-refractivity contribution in [3.05, 3.63) is 71.9 Å². The van der Waals surface area contributed by atoms with Gasteiger partial charge in [0.1, 0.15) is 6.29 Å². The van der Waals surface area contributed by atoms with Crippen LogP contribution in [0.5, 0.6) is 0 Å². The summed E-state index contributed by atoms with van der Waals surface area (Å²) in [5.74, 6) is -0.225. The first kappa shape index (κ1) is 13.0. The van der Waals surface area contributed by atoms with Crippen LogP contribution in [0.4, 0.5) is 5.69 Å². The summed E-state index contributed by atoms with van der Waals surface area (Å²) in [6, 6.07) is 15.9. The van der Waals surface area contributed by atoms with Crippen LogP contribution in [0.25, 0.3) is 10.9 Å². The number of carbonyl (C=O) groups is 2. The summed E-state index contributed by atoms with van der Waals surface area (Å²) in [4.78, 5) is 27.4. The molecule has 3 aromatic rings. The molecule has 102 valence electrons. The minimum atomic E-state index is -0.225. The Balaban J connectivity index is 1.95. The molecule has 0 radical (unpaired) electrons. The normalized spacial score (nSPS) is 10.3. The number of hydrogen-bond acceptors (Lipinski definition) is 3. The largest absolute Gasteiger partial charge is 0.322 e. The molecular weight excluding hydrogens is 264 g/mol. The number of hydrogen-bond donors (Lipinski definition) is 1. The van der Waals surface area contributed by atoms with Crippen LogP contribution in [0.15, 0.2) is 60.8 Å². The molecule has 4 heteroatoms. The number of carbonyl (C=O) groups excluding carboxylic acids is 2. The molecule has 21 heavy (non-hydrogen) atoms. The van der Waals surface area contributed by atoms with Crippen molar-refractivity contribution in [1.29, 1.82) is 0 Å². The Morgan fingerprint density at radius 3 is 2.76 bits per heavy atom. The predicted molar refractivity (Wildman–Crippen MR) is 81.5 cm³/mol. The van der Waals surface area contributed by atoms with Gasteiger partial charge in [-0.05, 0) is 30.3 Å². The standard InChI is InChI=1S/C17H12N2O2/c20-11-12-4-1-5-13(10-12)19-17(21)15-6-2-8-16-14(15)7-3-9-18-16/h1-11H,(H,19,21). The number of nitrogens with one attached hydrogen (secondary N) is 1. The van der Waals surface area contributed by atoms with E-state index in [1.54, 1.807) is 48.7 Å². The van der Waals surface area contributed by atoms with Crippen molar-refractivity contribution < 1.29 is 9.59 Å². The fourth-order valence-corrected chi connectivity index (χ4v) is 2.19. The van der Waals surface area contributed by atoms with Crippen LogP contribution in [-0.2, 0) is 0 Å². The first-order valence-electron chi connectivity index (χ1n) is 6.48. The van der Waals surface area contributed by atoms with E-state index >= 15 is 0 Å². The number of nitrogens with zero attached hydrogens (tertiary/aromatic N) is 1. The Hall–Kier alpha value is -3.01. The molecule has 0 unspecified atom stereocenters. The monoisotopic (exact) mass is 276 g/mol. The third kappa shape index (κ3) is 2.65. The van der Waals surface area contributed by atoms with Crippen LogP contribution < -0.4 is 5.32 Å². The first-order valence-corrected chi connectivity index (χ1v) is 6.48. The van der Waals surface area contributed by atoms with Gasteiger partial charge in [-0.3, -0.25) is 14.6 Å². The quantitative estimate of drug-likeness (QED) is 0.747. The Morgan fingerprint density at radius 1 is 1.05 bits per heavy atom. The van der Waals surface area contributed by atoms with E-state index in [1.165, 1.54) is 0 Å². The van der Waals surface area contributed by atoms with E-state index in [0.717, 1.165) is 17.2 Å². The SMILES string of the molecule is O=Cc1cccc(NC(=O)c2cccc3ncccc23)c1. The number of anilines is 1. The highest BCUT2D eigenvalue weighted by molar-refractivity contribution is 6.12. The molecule has 0 saturated heterocycles. The van der Waals surface area contributed by atoms with Gasteiger partial charge in [-0.15, -0.1) is 0 Å². The van der Waals surface area contributed by atoms with E-state index in [0.29, 0.717) is 16.8 Å². The lowest BCUT2D eigenvalue weighted by molar-refractivity contribution is 0.102. The fraction of sp³-hybridized carbons (Fsp3) is 0. The first-order chi connectivity index (χ1) is 10.3. The maximum Gasteiger partial charge on any atom is 0.256 e. The van der Waals surface area contributed by atoms with Gasteiger partial charge in [-0.2, -0.15) is 0 Å². The number of benzene rings is 2. The van der Waals surface area contributed by atoms with Gasteiger partial charge in [0.15, 0.2) is 0 Å². The zero-order valence-electron chi connectivity index (χ0n) is 11.1. The van der Waals surface area contributed by atoms with Gasteiger partial charge in [0.25, 0.3) is 5.91 Å². The topological polar surface area (TPSA) is 59.1 Å². The van der Waals surface area contributed by atoms with Gasteiger partial charge in [0, 0.05) is 28.4 Å². The molecular formula is C17H12N2O2. The van der Waals surface area contributed by atoms with E-state index < -0.39 is 0 Å². The minimum Gasteiger partial charge on any atom is -0.322 e. The number of aldehydes is 1. The number of amides is 1. The zero-order valence-corrected chi connectivity index (χ0v) is 11.1. The number of rotatable bonds is 3. The molecule has 1 N–H and O–H groups in total. The molecule has 4 nitrogen and oxygen atoms in total. The number of fused-ring (bicyclic) bond motifs is 1. The smallest absolute Gasteiger partial charge is 0.256 e. The summed E-state index contributed by atoms with van der Waals surface area (Å²) in [7, 11) is 0. The van der Waals surface area contributed by atoms with E-state index in [9.17, 15) is 9.59 Å². The van der Waals surface area contributed by atoms with Gasteiger partial charge in [0.2, 0.25) is 0 Å². The minimum absolute atomic E-state index is 0.225. The molecule has 0 atom stereocenters. The third-order valence-corrected chi connectivity index (χ3v) is 3.17. The van der Waals surface area contributed by atoms with Crippen LogP contribution in [0, 0.1) is 0 Å². The van der Waals surface area contributed by atoms with Crippen molar-refractivity contribution in [3.63, 3.8) is 0 Å². The second-order valence-electron chi connectivity index (χ2n) is 4.57. The van der Waals surface area contributed by atoms with Gasteiger partial charge >= 0.3 is 0 Å². The number of aromatic nitrogens is 1. The average Bonchev–Trinajstić information content (AvgIpc) is 2.54. The average molecular weight is 276 g/mol. The summed E-state index contributed by atoms with van der Waals surface area (Å²) in [6.07, 6.45) is 2.44. The van der Waals surface area contributed by atoms with E-state index in [-0.39, 0.29) is 5.91 Å². The molecule has 0 aliphatic heterocycles. The highest BCUT2D eigenvalue weighted by atomic mass is 16.1. The summed E-state index contributed by atoms with van der Waals surface area (Å²) < 4.78 is 0. The maximum atomic E-state index is 12.4. The summed E-state index contributed by atoms with van der Waals surface area (Å²) in [5, 5.41) is 3.59. The van der Waals surface area contributed by atoms with Gasteiger partial charge in [-0.1, -0.05) is 24.3 Å². The molecule has 0 bridgehead atoms.